The molecule has 0 radical (unpaired) electrons. The number of pyridine rings is 1. The van der Waals surface area contributed by atoms with Crippen molar-refractivity contribution in [1.29, 1.82) is 0 Å². The first kappa shape index (κ1) is 22.1. The third kappa shape index (κ3) is 4.16. The summed E-state index contributed by atoms with van der Waals surface area (Å²) in [6.45, 7) is 0. The highest BCUT2D eigenvalue weighted by molar-refractivity contribution is 6.33. The molecule has 4 rings (SSSR count). The van der Waals surface area contributed by atoms with Gasteiger partial charge in [0.2, 0.25) is 5.88 Å². The van der Waals surface area contributed by atoms with Crippen LogP contribution in [0.2, 0.25) is 10.0 Å². The van der Waals surface area contributed by atoms with Crippen LogP contribution < -0.4 is 4.74 Å². The van der Waals surface area contributed by atoms with Gasteiger partial charge in [-0.1, -0.05) is 47.5 Å². The first-order valence-corrected chi connectivity index (χ1v) is 10.8. The number of carboxylic acid groups (broad SMARTS) is 1. The summed E-state index contributed by atoms with van der Waals surface area (Å²) in [6.07, 6.45) is 2.49. The van der Waals surface area contributed by atoms with Crippen molar-refractivity contribution in [2.24, 2.45) is 0 Å². The average molecular weight is 471 g/mol. The first-order valence-electron chi connectivity index (χ1n) is 10.0. The second kappa shape index (κ2) is 9.18. The Morgan fingerprint density at radius 3 is 2.47 bits per heavy atom. The van der Waals surface area contributed by atoms with Gasteiger partial charge in [0.1, 0.15) is 6.04 Å². The van der Waals surface area contributed by atoms with Crippen LogP contribution >= 0.6 is 23.2 Å². The standard InChI is InChI=1S/C24H20Cl2N2O4/c1-32-22-11-7-15(13-27-22)16-8-6-14(12-19(16)26)23(29)28-20(9-10-21(28)24(30)31)17-4-2-3-5-18(17)25/h2-8,11-13,20-21H,9-10H2,1H3,(H,30,31). The predicted molar refractivity (Wildman–Crippen MR) is 122 cm³/mol. The molecule has 164 valence electrons. The summed E-state index contributed by atoms with van der Waals surface area (Å²) in [4.78, 5) is 31.0. The topological polar surface area (TPSA) is 79.7 Å². The molecule has 0 saturated carbocycles. The lowest BCUT2D eigenvalue weighted by Crippen LogP contribution is -2.41. The van der Waals surface area contributed by atoms with Crippen LogP contribution in [0.4, 0.5) is 0 Å². The summed E-state index contributed by atoms with van der Waals surface area (Å²) >= 11 is 12.9. The monoisotopic (exact) mass is 470 g/mol. The van der Waals surface area contributed by atoms with Gasteiger partial charge < -0.3 is 14.7 Å². The van der Waals surface area contributed by atoms with Gasteiger partial charge in [-0.05, 0) is 42.7 Å². The lowest BCUT2D eigenvalue weighted by molar-refractivity contribution is -0.141. The van der Waals surface area contributed by atoms with Crippen molar-refractivity contribution in [2.45, 2.75) is 24.9 Å². The Morgan fingerprint density at radius 2 is 1.84 bits per heavy atom. The molecule has 1 saturated heterocycles. The third-order valence-corrected chi connectivity index (χ3v) is 6.30. The van der Waals surface area contributed by atoms with Crippen LogP contribution in [0.15, 0.2) is 60.8 Å². The molecule has 0 spiro atoms. The van der Waals surface area contributed by atoms with Gasteiger partial charge >= 0.3 is 5.97 Å². The number of nitrogens with zero attached hydrogens (tertiary/aromatic N) is 2. The highest BCUT2D eigenvalue weighted by Crippen LogP contribution is 2.40. The predicted octanol–water partition coefficient (Wildman–Crippen LogP) is 5.49. The second-order valence-corrected chi connectivity index (χ2v) is 8.28. The van der Waals surface area contributed by atoms with Crippen LogP contribution in [0.25, 0.3) is 11.1 Å². The molecule has 1 aromatic heterocycles. The summed E-state index contributed by atoms with van der Waals surface area (Å²) in [6, 6.07) is 14.3. The van der Waals surface area contributed by atoms with Gasteiger partial charge in [-0.15, -0.1) is 0 Å². The van der Waals surface area contributed by atoms with Crippen LogP contribution in [0.5, 0.6) is 5.88 Å². The average Bonchev–Trinajstić information content (AvgIpc) is 3.24. The van der Waals surface area contributed by atoms with Crippen molar-refractivity contribution >= 4 is 35.1 Å². The fraction of sp³-hybridized carbons (Fsp3) is 0.208. The molecule has 1 aliphatic heterocycles. The van der Waals surface area contributed by atoms with Crippen LogP contribution in [0.3, 0.4) is 0 Å². The Hall–Kier alpha value is -3.09. The number of hydrogen-bond acceptors (Lipinski definition) is 4. The maximum absolute atomic E-state index is 13.5. The van der Waals surface area contributed by atoms with E-state index < -0.39 is 24.0 Å². The van der Waals surface area contributed by atoms with Gasteiger partial charge in [-0.2, -0.15) is 0 Å². The van der Waals surface area contributed by atoms with E-state index in [1.807, 2.05) is 18.2 Å². The quantitative estimate of drug-likeness (QED) is 0.532. The van der Waals surface area contributed by atoms with Gasteiger partial charge in [0.05, 0.1) is 13.2 Å². The molecule has 32 heavy (non-hydrogen) atoms. The van der Waals surface area contributed by atoms with Gasteiger partial charge in [0, 0.05) is 39.0 Å². The van der Waals surface area contributed by atoms with Gasteiger partial charge in [-0.25, -0.2) is 9.78 Å². The molecule has 3 aromatic rings. The van der Waals surface area contributed by atoms with Crippen LogP contribution in [-0.4, -0.2) is 40.0 Å². The number of rotatable bonds is 5. The molecule has 1 N–H and O–H groups in total. The normalized spacial score (nSPS) is 17.9. The Bertz CT molecular complexity index is 1170. The van der Waals surface area contributed by atoms with Crippen LogP contribution in [-0.2, 0) is 4.79 Å². The van der Waals surface area contributed by atoms with E-state index in [4.69, 9.17) is 27.9 Å². The maximum atomic E-state index is 13.5. The fourth-order valence-corrected chi connectivity index (χ4v) is 4.63. The number of aliphatic carboxylic acids is 1. The zero-order chi connectivity index (χ0) is 22.8. The molecular weight excluding hydrogens is 451 g/mol. The largest absolute Gasteiger partial charge is 0.481 e. The van der Waals surface area contributed by atoms with E-state index >= 15 is 0 Å². The second-order valence-electron chi connectivity index (χ2n) is 7.46. The molecule has 1 aliphatic rings. The Kier molecular flexibility index (Phi) is 6.35. The number of aromatic nitrogens is 1. The lowest BCUT2D eigenvalue weighted by Gasteiger charge is -2.29. The lowest BCUT2D eigenvalue weighted by atomic mass is 10.0. The fourth-order valence-electron chi connectivity index (χ4n) is 4.08. The molecule has 1 amide bonds. The molecule has 2 aromatic carbocycles. The minimum atomic E-state index is -1.04. The van der Waals surface area contributed by atoms with E-state index in [1.165, 1.54) is 12.0 Å². The molecule has 6 nitrogen and oxygen atoms in total. The molecule has 8 heteroatoms. The Balaban J connectivity index is 1.68. The molecular formula is C24H20Cl2N2O4. The van der Waals surface area contributed by atoms with E-state index in [1.54, 1.807) is 42.6 Å². The summed E-state index contributed by atoms with van der Waals surface area (Å²) < 4.78 is 5.08. The molecule has 2 atom stereocenters. The minimum absolute atomic E-state index is 0.311. The molecule has 0 bridgehead atoms. The summed E-state index contributed by atoms with van der Waals surface area (Å²) in [5, 5.41) is 10.6. The Morgan fingerprint density at radius 1 is 1.06 bits per heavy atom. The van der Waals surface area contributed by atoms with Crippen molar-refractivity contribution in [1.82, 2.24) is 9.88 Å². The zero-order valence-corrected chi connectivity index (χ0v) is 18.7. The van der Waals surface area contributed by atoms with Gasteiger partial charge in [-0.3, -0.25) is 4.79 Å². The van der Waals surface area contributed by atoms with Crippen molar-refractivity contribution in [3.63, 3.8) is 0 Å². The molecule has 2 unspecified atom stereocenters. The smallest absolute Gasteiger partial charge is 0.326 e. The van der Waals surface area contributed by atoms with Crippen molar-refractivity contribution in [2.75, 3.05) is 7.11 Å². The number of hydrogen-bond donors (Lipinski definition) is 1. The third-order valence-electron chi connectivity index (χ3n) is 5.64. The van der Waals surface area contributed by atoms with E-state index in [2.05, 4.69) is 4.98 Å². The van der Waals surface area contributed by atoms with Crippen molar-refractivity contribution < 1.29 is 19.4 Å². The summed E-state index contributed by atoms with van der Waals surface area (Å²) in [5.74, 6) is -0.961. The summed E-state index contributed by atoms with van der Waals surface area (Å²) in [7, 11) is 1.54. The van der Waals surface area contributed by atoms with Crippen LogP contribution in [0, 0.1) is 0 Å². The van der Waals surface area contributed by atoms with Gasteiger partial charge in [0.15, 0.2) is 0 Å². The highest BCUT2D eigenvalue weighted by atomic mass is 35.5. The summed E-state index contributed by atoms with van der Waals surface area (Å²) in [5.41, 5.74) is 2.52. The highest BCUT2D eigenvalue weighted by Gasteiger charge is 2.42. The molecule has 2 heterocycles. The number of halogens is 2. The van der Waals surface area contributed by atoms with E-state index in [0.29, 0.717) is 39.9 Å². The SMILES string of the molecule is COc1ccc(-c2ccc(C(=O)N3C(C(=O)O)CCC3c3ccccc3Cl)cc2Cl)cn1. The number of likely N-dealkylation sites (tertiary alicyclic amines) is 1. The maximum Gasteiger partial charge on any atom is 0.326 e. The van der Waals surface area contributed by atoms with Gasteiger partial charge in [0.25, 0.3) is 5.91 Å². The number of amides is 1. The van der Waals surface area contributed by atoms with E-state index in [-0.39, 0.29) is 0 Å². The number of methoxy groups -OCH3 is 1. The number of ether oxygens (including phenoxy) is 1. The van der Waals surface area contributed by atoms with Crippen molar-refractivity contribution in [3.05, 3.63) is 82.0 Å². The van der Waals surface area contributed by atoms with E-state index in [0.717, 1.165) is 11.1 Å². The number of carbonyl (C=O) groups excluding carboxylic acids is 1. The minimum Gasteiger partial charge on any atom is -0.481 e. The first-order chi connectivity index (χ1) is 15.4. The van der Waals surface area contributed by atoms with E-state index in [9.17, 15) is 14.7 Å². The zero-order valence-electron chi connectivity index (χ0n) is 17.2. The number of carboxylic acids is 1. The molecule has 1 fully saturated rings. The van der Waals surface area contributed by atoms with Crippen LogP contribution in [0.1, 0.15) is 34.8 Å². The molecule has 0 aliphatic carbocycles. The number of carbonyl (C=O) groups is 2. The van der Waals surface area contributed by atoms with Crippen molar-refractivity contribution in [3.8, 4) is 17.0 Å². The number of benzene rings is 2. The Labute approximate surface area is 195 Å².